The van der Waals surface area contributed by atoms with E-state index in [1.54, 1.807) is 30.5 Å². The topological polar surface area (TPSA) is 41.5 Å². The number of nitrogens with one attached hydrogen (secondary N) is 1. The van der Waals surface area contributed by atoms with E-state index in [0.717, 1.165) is 12.8 Å². The van der Waals surface area contributed by atoms with Crippen LogP contribution >= 0.6 is 11.6 Å². The van der Waals surface area contributed by atoms with Crippen LogP contribution in [0.25, 0.3) is 0 Å². The Labute approximate surface area is 113 Å². The number of nitrogens with zero attached hydrogens (tertiary/aromatic N) is 1. The van der Waals surface area contributed by atoms with Crippen molar-refractivity contribution < 1.29 is 4.79 Å². The molecule has 0 aromatic heterocycles. The third-order valence-corrected chi connectivity index (χ3v) is 2.77. The summed E-state index contributed by atoms with van der Waals surface area (Å²) >= 11 is 5.80. The van der Waals surface area contributed by atoms with Gasteiger partial charge < -0.3 is 0 Å². The monoisotopic (exact) mass is 266 g/mol. The first-order chi connectivity index (χ1) is 8.74. The maximum absolute atomic E-state index is 11.6. The number of halogens is 1. The Kier molecular flexibility index (Phi) is 7.11. The van der Waals surface area contributed by atoms with Crippen LogP contribution in [0, 0.1) is 0 Å². The van der Waals surface area contributed by atoms with Crippen LogP contribution in [-0.2, 0) is 0 Å². The standard InChI is InChI=1S/C14H19ClN2O/c1-2-3-4-5-6-10-16-17-14(18)12-8-7-9-13(15)11-12/h7-11H,2-6H2,1H3,(H,17,18). The minimum Gasteiger partial charge on any atom is -0.267 e. The minimum atomic E-state index is -0.234. The van der Waals surface area contributed by atoms with E-state index in [4.69, 9.17) is 11.6 Å². The summed E-state index contributed by atoms with van der Waals surface area (Å²) in [7, 11) is 0. The lowest BCUT2D eigenvalue weighted by Crippen LogP contribution is -2.17. The summed E-state index contributed by atoms with van der Waals surface area (Å²) in [5.41, 5.74) is 3.01. The highest BCUT2D eigenvalue weighted by Crippen LogP contribution is 2.10. The summed E-state index contributed by atoms with van der Waals surface area (Å²) in [4.78, 5) is 11.6. The molecular formula is C14H19ClN2O. The number of carbonyl (C=O) groups excluding carboxylic acids is 1. The lowest BCUT2D eigenvalue weighted by atomic mass is 10.2. The lowest BCUT2D eigenvalue weighted by Gasteiger charge is -2.00. The van der Waals surface area contributed by atoms with Crippen molar-refractivity contribution in [2.45, 2.75) is 39.0 Å². The number of rotatable bonds is 7. The van der Waals surface area contributed by atoms with Gasteiger partial charge in [0.25, 0.3) is 5.91 Å². The van der Waals surface area contributed by atoms with E-state index < -0.39 is 0 Å². The van der Waals surface area contributed by atoms with Crippen molar-refractivity contribution in [2.75, 3.05) is 0 Å². The first-order valence-corrected chi connectivity index (χ1v) is 6.69. The van der Waals surface area contributed by atoms with Crippen molar-refractivity contribution in [1.82, 2.24) is 5.43 Å². The first-order valence-electron chi connectivity index (χ1n) is 6.31. The van der Waals surface area contributed by atoms with Crippen LogP contribution in [0.5, 0.6) is 0 Å². The fraction of sp³-hybridized carbons (Fsp3) is 0.429. The Hall–Kier alpha value is -1.35. The maximum atomic E-state index is 11.6. The van der Waals surface area contributed by atoms with Gasteiger partial charge in [-0.25, -0.2) is 5.43 Å². The molecule has 0 heterocycles. The molecule has 0 aliphatic heterocycles. The average Bonchev–Trinajstić information content (AvgIpc) is 2.37. The number of amides is 1. The molecule has 0 aliphatic rings. The van der Waals surface area contributed by atoms with Gasteiger partial charge in [-0.2, -0.15) is 5.10 Å². The summed E-state index contributed by atoms with van der Waals surface area (Å²) < 4.78 is 0. The molecule has 0 fully saturated rings. The first kappa shape index (κ1) is 14.7. The van der Waals surface area contributed by atoms with Gasteiger partial charge in [-0.3, -0.25) is 4.79 Å². The molecule has 0 unspecified atom stereocenters. The van der Waals surface area contributed by atoms with Crippen molar-refractivity contribution >= 4 is 23.7 Å². The summed E-state index contributed by atoms with van der Waals surface area (Å²) in [5.74, 6) is -0.234. The van der Waals surface area contributed by atoms with Crippen LogP contribution in [-0.4, -0.2) is 12.1 Å². The van der Waals surface area contributed by atoms with Gasteiger partial charge in [0.1, 0.15) is 0 Å². The molecule has 0 aliphatic carbocycles. The molecule has 98 valence electrons. The number of benzene rings is 1. The van der Waals surface area contributed by atoms with E-state index in [0.29, 0.717) is 10.6 Å². The van der Waals surface area contributed by atoms with Gasteiger partial charge in [0.15, 0.2) is 0 Å². The third kappa shape index (κ3) is 5.82. The van der Waals surface area contributed by atoms with E-state index in [9.17, 15) is 4.79 Å². The predicted octanol–water partition coefficient (Wildman–Crippen LogP) is 4.03. The van der Waals surface area contributed by atoms with Crippen molar-refractivity contribution in [3.8, 4) is 0 Å². The molecular weight excluding hydrogens is 248 g/mol. The van der Waals surface area contributed by atoms with Crippen molar-refractivity contribution in [1.29, 1.82) is 0 Å². The smallest absolute Gasteiger partial charge is 0.267 e. The van der Waals surface area contributed by atoms with Crippen LogP contribution in [0.2, 0.25) is 5.02 Å². The minimum absolute atomic E-state index is 0.234. The zero-order valence-electron chi connectivity index (χ0n) is 10.7. The molecule has 1 N–H and O–H groups in total. The van der Waals surface area contributed by atoms with Crippen LogP contribution in [0.15, 0.2) is 29.4 Å². The second-order valence-corrected chi connectivity index (χ2v) is 4.55. The highest BCUT2D eigenvalue weighted by Gasteiger charge is 2.03. The molecule has 0 spiro atoms. The summed E-state index contributed by atoms with van der Waals surface area (Å²) in [6, 6.07) is 6.80. The van der Waals surface area contributed by atoms with Crippen LogP contribution < -0.4 is 5.43 Å². The van der Waals surface area contributed by atoms with Crippen LogP contribution in [0.1, 0.15) is 49.4 Å². The molecule has 0 atom stereocenters. The van der Waals surface area contributed by atoms with Crippen LogP contribution in [0.4, 0.5) is 0 Å². The Morgan fingerprint density at radius 3 is 2.94 bits per heavy atom. The Morgan fingerprint density at radius 2 is 2.22 bits per heavy atom. The second kappa shape index (κ2) is 8.70. The zero-order valence-corrected chi connectivity index (χ0v) is 11.4. The van der Waals surface area contributed by atoms with Gasteiger partial charge in [0, 0.05) is 16.8 Å². The Balaban J connectivity index is 2.26. The van der Waals surface area contributed by atoms with Gasteiger partial charge in [-0.05, 0) is 31.0 Å². The van der Waals surface area contributed by atoms with Gasteiger partial charge in [-0.15, -0.1) is 0 Å². The Bertz CT molecular complexity index is 405. The zero-order chi connectivity index (χ0) is 13.2. The number of hydrogen-bond acceptors (Lipinski definition) is 2. The Morgan fingerprint density at radius 1 is 1.39 bits per heavy atom. The van der Waals surface area contributed by atoms with Crippen molar-refractivity contribution in [2.24, 2.45) is 5.10 Å². The molecule has 1 aromatic carbocycles. The fourth-order valence-electron chi connectivity index (χ4n) is 1.53. The number of unbranched alkanes of at least 4 members (excludes halogenated alkanes) is 4. The number of hydrogen-bond donors (Lipinski definition) is 1. The predicted molar refractivity (Wildman–Crippen MR) is 76.2 cm³/mol. The van der Waals surface area contributed by atoms with Gasteiger partial charge in [-0.1, -0.05) is 43.9 Å². The van der Waals surface area contributed by atoms with E-state index in [-0.39, 0.29) is 5.91 Å². The largest absolute Gasteiger partial charge is 0.271 e. The SMILES string of the molecule is CCCCCCC=NNC(=O)c1cccc(Cl)c1. The third-order valence-electron chi connectivity index (χ3n) is 2.53. The van der Waals surface area contributed by atoms with E-state index in [1.807, 2.05) is 0 Å². The lowest BCUT2D eigenvalue weighted by molar-refractivity contribution is 0.0955. The number of hydrazone groups is 1. The summed E-state index contributed by atoms with van der Waals surface area (Å²) in [5, 5.41) is 4.45. The summed E-state index contributed by atoms with van der Waals surface area (Å²) in [6.07, 6.45) is 7.45. The molecule has 3 nitrogen and oxygen atoms in total. The van der Waals surface area contributed by atoms with E-state index in [2.05, 4.69) is 17.5 Å². The summed E-state index contributed by atoms with van der Waals surface area (Å²) in [6.45, 7) is 2.18. The van der Waals surface area contributed by atoms with E-state index in [1.165, 1.54) is 19.3 Å². The molecule has 0 saturated heterocycles. The molecule has 0 bridgehead atoms. The molecule has 4 heteroatoms. The highest BCUT2D eigenvalue weighted by molar-refractivity contribution is 6.30. The van der Waals surface area contributed by atoms with Crippen molar-refractivity contribution in [3.63, 3.8) is 0 Å². The molecule has 18 heavy (non-hydrogen) atoms. The second-order valence-electron chi connectivity index (χ2n) is 4.11. The fourth-order valence-corrected chi connectivity index (χ4v) is 1.72. The van der Waals surface area contributed by atoms with Gasteiger partial charge >= 0.3 is 0 Å². The molecule has 1 amide bonds. The molecule has 1 aromatic rings. The van der Waals surface area contributed by atoms with Crippen molar-refractivity contribution in [3.05, 3.63) is 34.9 Å². The quantitative estimate of drug-likeness (QED) is 0.452. The molecule has 0 radical (unpaired) electrons. The van der Waals surface area contributed by atoms with Crippen LogP contribution in [0.3, 0.4) is 0 Å². The molecule has 1 rings (SSSR count). The van der Waals surface area contributed by atoms with E-state index >= 15 is 0 Å². The average molecular weight is 267 g/mol. The maximum Gasteiger partial charge on any atom is 0.271 e. The van der Waals surface area contributed by atoms with Gasteiger partial charge in [0.05, 0.1) is 0 Å². The number of carbonyl (C=O) groups is 1. The molecule has 0 saturated carbocycles. The highest BCUT2D eigenvalue weighted by atomic mass is 35.5. The van der Waals surface area contributed by atoms with Gasteiger partial charge in [0.2, 0.25) is 0 Å². The normalized spacial score (nSPS) is 10.8.